The summed E-state index contributed by atoms with van der Waals surface area (Å²) in [5, 5.41) is 54.5. The van der Waals surface area contributed by atoms with Gasteiger partial charge in [0.1, 0.15) is 42.7 Å². The van der Waals surface area contributed by atoms with Crippen molar-refractivity contribution in [1.82, 2.24) is 5.32 Å². The van der Waals surface area contributed by atoms with Crippen molar-refractivity contribution in [1.29, 1.82) is 0 Å². The standard InChI is InChI=1S/C23H45N5O10/c1-2-3-13(30)21(34)28-12-6-11(26)19(37-22-10(25)5-4-9(7-24)35-22)18(33)20(12)38-23-17(32)15(27)16(31)14(8-29)36-23/h9-20,22-23,29-33H,2-8,24-27H2,1H3,(H,28,34)/t9?,10?,11-,12-,13+,14?,15-,16-,17?,18?,19-,20?,22-,23-/m1/s1. The van der Waals surface area contributed by atoms with Crippen LogP contribution < -0.4 is 28.3 Å². The summed E-state index contributed by atoms with van der Waals surface area (Å²) in [4.78, 5) is 12.6. The number of hydrogen-bond acceptors (Lipinski definition) is 14. The molecule has 0 aromatic heterocycles. The Hall–Kier alpha value is -1.05. The molecule has 0 aromatic rings. The summed E-state index contributed by atoms with van der Waals surface area (Å²) < 4.78 is 23.3. The number of nitrogens with one attached hydrogen (secondary N) is 1. The number of carbonyl (C=O) groups excluding carboxylic acids is 1. The Morgan fingerprint density at radius 2 is 1.68 bits per heavy atom. The van der Waals surface area contributed by atoms with E-state index in [0.29, 0.717) is 19.3 Å². The summed E-state index contributed by atoms with van der Waals surface area (Å²) >= 11 is 0. The fourth-order valence-corrected chi connectivity index (χ4v) is 5.14. The zero-order valence-electron chi connectivity index (χ0n) is 21.6. The highest BCUT2D eigenvalue weighted by Crippen LogP contribution is 2.31. The van der Waals surface area contributed by atoms with Crippen LogP contribution in [0.2, 0.25) is 0 Å². The molecule has 0 bridgehead atoms. The summed E-state index contributed by atoms with van der Waals surface area (Å²) in [6, 6.07) is -3.45. The first-order valence-corrected chi connectivity index (χ1v) is 13.2. The van der Waals surface area contributed by atoms with Crippen LogP contribution in [0.4, 0.5) is 0 Å². The maximum absolute atomic E-state index is 12.6. The molecule has 38 heavy (non-hydrogen) atoms. The minimum absolute atomic E-state index is 0.0557. The van der Waals surface area contributed by atoms with E-state index in [1.165, 1.54) is 0 Å². The van der Waals surface area contributed by atoms with Gasteiger partial charge in [-0.25, -0.2) is 0 Å². The second-order valence-electron chi connectivity index (χ2n) is 10.4. The van der Waals surface area contributed by atoms with Crippen LogP contribution in [0.1, 0.15) is 39.0 Å². The maximum atomic E-state index is 12.6. The molecule has 15 heteroatoms. The van der Waals surface area contributed by atoms with Crippen molar-refractivity contribution in [2.45, 2.75) is 125 Å². The number of amides is 1. The van der Waals surface area contributed by atoms with E-state index >= 15 is 0 Å². The van der Waals surface area contributed by atoms with Gasteiger partial charge in [0.15, 0.2) is 12.6 Å². The van der Waals surface area contributed by atoms with Crippen LogP contribution in [0, 0.1) is 0 Å². The number of aliphatic hydroxyl groups excluding tert-OH is 5. The first-order valence-electron chi connectivity index (χ1n) is 13.2. The van der Waals surface area contributed by atoms with Gasteiger partial charge in [-0.3, -0.25) is 4.79 Å². The van der Waals surface area contributed by atoms with Gasteiger partial charge in [0.25, 0.3) is 0 Å². The lowest BCUT2D eigenvalue weighted by atomic mass is 9.83. The second kappa shape index (κ2) is 14.0. The molecule has 1 amide bonds. The van der Waals surface area contributed by atoms with Crippen LogP contribution in [0.15, 0.2) is 0 Å². The van der Waals surface area contributed by atoms with Crippen molar-refractivity contribution < 1.29 is 49.3 Å². The average molecular weight is 552 g/mol. The molecule has 3 aliphatic rings. The molecule has 2 aliphatic heterocycles. The number of rotatable bonds is 10. The summed E-state index contributed by atoms with van der Waals surface area (Å²) in [6.07, 6.45) is -9.71. The minimum Gasteiger partial charge on any atom is -0.394 e. The fourth-order valence-electron chi connectivity index (χ4n) is 5.14. The van der Waals surface area contributed by atoms with Gasteiger partial charge in [0, 0.05) is 12.6 Å². The first-order chi connectivity index (χ1) is 18.0. The normalized spacial score (nSPS) is 44.9. The Balaban J connectivity index is 1.82. The SMILES string of the molecule is CCC[C@H](O)C(=O)N[C@@H]1C[C@@H](N)[C@@H](O[C@H]2OC(CN)CCC2N)C(O)C1O[C@H]1OC(CO)[C@@H](O)[C@@H](N)C1O. The van der Waals surface area contributed by atoms with E-state index in [4.69, 9.17) is 41.9 Å². The molecule has 222 valence electrons. The van der Waals surface area contributed by atoms with Gasteiger partial charge in [-0.2, -0.15) is 0 Å². The van der Waals surface area contributed by atoms with Gasteiger partial charge in [0.2, 0.25) is 5.91 Å². The molecule has 1 saturated carbocycles. The van der Waals surface area contributed by atoms with Crippen molar-refractivity contribution in [3.05, 3.63) is 0 Å². The van der Waals surface area contributed by atoms with Crippen LogP contribution in [0.25, 0.3) is 0 Å². The number of carbonyl (C=O) groups is 1. The molecule has 15 nitrogen and oxygen atoms in total. The highest BCUT2D eigenvalue weighted by atomic mass is 16.7. The average Bonchev–Trinajstić information content (AvgIpc) is 2.89. The quantitative estimate of drug-likeness (QED) is 0.122. The largest absolute Gasteiger partial charge is 0.394 e. The summed E-state index contributed by atoms with van der Waals surface area (Å²) in [6.45, 7) is 1.48. The zero-order valence-corrected chi connectivity index (χ0v) is 21.6. The molecule has 3 fully saturated rings. The maximum Gasteiger partial charge on any atom is 0.249 e. The van der Waals surface area contributed by atoms with Crippen LogP contribution in [0.3, 0.4) is 0 Å². The number of hydrogen-bond donors (Lipinski definition) is 10. The predicted molar refractivity (Wildman–Crippen MR) is 132 cm³/mol. The van der Waals surface area contributed by atoms with Crippen molar-refractivity contribution in [2.24, 2.45) is 22.9 Å². The first kappa shape index (κ1) is 31.5. The van der Waals surface area contributed by atoms with E-state index in [1.807, 2.05) is 6.92 Å². The van der Waals surface area contributed by atoms with Crippen LogP contribution >= 0.6 is 0 Å². The molecule has 6 unspecified atom stereocenters. The lowest BCUT2D eigenvalue weighted by molar-refractivity contribution is -0.314. The highest BCUT2D eigenvalue weighted by Gasteiger charge is 2.51. The van der Waals surface area contributed by atoms with Gasteiger partial charge in [0.05, 0.1) is 30.8 Å². The Labute approximate surface area is 221 Å². The zero-order chi connectivity index (χ0) is 28.1. The summed E-state index contributed by atoms with van der Waals surface area (Å²) in [5.41, 5.74) is 24.2. The van der Waals surface area contributed by atoms with Crippen molar-refractivity contribution >= 4 is 5.91 Å². The molecule has 1 aliphatic carbocycles. The highest BCUT2D eigenvalue weighted by molar-refractivity contribution is 5.80. The third-order valence-corrected chi connectivity index (χ3v) is 7.49. The monoisotopic (exact) mass is 551 g/mol. The molecule has 2 saturated heterocycles. The van der Waals surface area contributed by atoms with Gasteiger partial charge in [-0.05, 0) is 25.7 Å². The van der Waals surface area contributed by atoms with Gasteiger partial charge in [-0.15, -0.1) is 0 Å². The molecule has 0 aromatic carbocycles. The van der Waals surface area contributed by atoms with Crippen molar-refractivity contribution in [2.75, 3.05) is 13.2 Å². The van der Waals surface area contributed by atoms with Crippen LogP contribution in [-0.2, 0) is 23.7 Å². The Morgan fingerprint density at radius 3 is 2.32 bits per heavy atom. The number of ether oxygens (including phenoxy) is 4. The third-order valence-electron chi connectivity index (χ3n) is 7.49. The topological polar surface area (TPSA) is 271 Å². The molecule has 0 spiro atoms. The predicted octanol–water partition coefficient (Wildman–Crippen LogP) is -4.95. The molecule has 2 heterocycles. The van der Waals surface area contributed by atoms with E-state index in [9.17, 15) is 30.3 Å². The molecular weight excluding hydrogens is 506 g/mol. The smallest absolute Gasteiger partial charge is 0.249 e. The van der Waals surface area contributed by atoms with Crippen LogP contribution in [0.5, 0.6) is 0 Å². The lowest BCUT2D eigenvalue weighted by Gasteiger charge is -2.48. The Bertz CT molecular complexity index is 753. The Morgan fingerprint density at radius 1 is 1.00 bits per heavy atom. The minimum atomic E-state index is -1.53. The number of nitrogens with two attached hydrogens (primary N) is 4. The molecular formula is C23H45N5O10. The second-order valence-corrected chi connectivity index (χ2v) is 10.4. The van der Waals surface area contributed by atoms with E-state index in [1.54, 1.807) is 0 Å². The molecule has 3 rings (SSSR count). The van der Waals surface area contributed by atoms with Crippen molar-refractivity contribution in [3.8, 4) is 0 Å². The lowest BCUT2D eigenvalue weighted by Crippen LogP contribution is -2.69. The van der Waals surface area contributed by atoms with E-state index in [-0.39, 0.29) is 25.5 Å². The molecule has 14 atom stereocenters. The van der Waals surface area contributed by atoms with E-state index in [2.05, 4.69) is 5.32 Å². The Kier molecular flexibility index (Phi) is 11.6. The summed E-state index contributed by atoms with van der Waals surface area (Å²) in [7, 11) is 0. The summed E-state index contributed by atoms with van der Waals surface area (Å²) in [5.74, 6) is -0.682. The third kappa shape index (κ3) is 7.17. The molecule has 14 N–H and O–H groups in total. The fraction of sp³-hybridized carbons (Fsp3) is 0.957. The van der Waals surface area contributed by atoms with Gasteiger partial charge < -0.3 is 72.7 Å². The van der Waals surface area contributed by atoms with E-state index < -0.39 is 92.0 Å². The van der Waals surface area contributed by atoms with Gasteiger partial charge in [-0.1, -0.05) is 13.3 Å². The van der Waals surface area contributed by atoms with Crippen LogP contribution in [-0.4, -0.2) is 130 Å². The van der Waals surface area contributed by atoms with Gasteiger partial charge >= 0.3 is 0 Å². The number of aliphatic hydroxyl groups is 5. The molecule has 0 radical (unpaired) electrons. The van der Waals surface area contributed by atoms with Crippen molar-refractivity contribution in [3.63, 3.8) is 0 Å². The van der Waals surface area contributed by atoms with E-state index in [0.717, 1.165) is 0 Å².